The van der Waals surface area contributed by atoms with Gasteiger partial charge in [0.2, 0.25) is 0 Å². The molecule has 0 saturated carbocycles. The zero-order valence-corrected chi connectivity index (χ0v) is 12.4. The fourth-order valence-corrected chi connectivity index (χ4v) is 2.20. The number of esters is 1. The van der Waals surface area contributed by atoms with Gasteiger partial charge in [0.05, 0.1) is 22.0 Å². The van der Waals surface area contributed by atoms with Crippen molar-refractivity contribution in [1.29, 1.82) is 0 Å². The fourth-order valence-electron chi connectivity index (χ4n) is 1.98. The lowest BCUT2D eigenvalue weighted by Crippen LogP contribution is -2.09. The Hall–Kier alpha value is -2.01. The number of carbonyl (C=O) groups is 1. The van der Waals surface area contributed by atoms with E-state index in [1.54, 1.807) is 36.9 Å². The molecule has 2 aromatic rings. The third kappa shape index (κ3) is 2.93. The molecule has 2 N–H and O–H groups in total. The second-order valence-corrected chi connectivity index (χ2v) is 5.06. The van der Waals surface area contributed by atoms with E-state index in [4.69, 9.17) is 22.1 Å². The maximum atomic E-state index is 12.0. The molecule has 0 radical (unpaired) electrons. The van der Waals surface area contributed by atoms with Crippen LogP contribution in [0.25, 0.3) is 0 Å². The van der Waals surface area contributed by atoms with E-state index in [1.807, 2.05) is 6.92 Å². The molecule has 20 heavy (non-hydrogen) atoms. The molecule has 0 aliphatic carbocycles. The predicted molar refractivity (Wildman–Crippen MR) is 77.7 cm³/mol. The fraction of sp³-hybridized carbons (Fsp3) is 0.286. The van der Waals surface area contributed by atoms with Gasteiger partial charge in [0.15, 0.2) is 0 Å². The summed E-state index contributed by atoms with van der Waals surface area (Å²) in [4.78, 5) is 12.0. The van der Waals surface area contributed by atoms with Crippen molar-refractivity contribution in [2.45, 2.75) is 20.5 Å². The first-order valence-corrected chi connectivity index (χ1v) is 6.48. The highest BCUT2D eigenvalue weighted by Gasteiger charge is 2.14. The lowest BCUT2D eigenvalue weighted by Gasteiger charge is -2.07. The summed E-state index contributed by atoms with van der Waals surface area (Å²) in [5.41, 5.74) is 8.96. The maximum absolute atomic E-state index is 12.0. The number of rotatable bonds is 3. The molecule has 106 valence electrons. The Labute approximate surface area is 122 Å². The molecule has 5 nitrogen and oxygen atoms in total. The second kappa shape index (κ2) is 5.54. The summed E-state index contributed by atoms with van der Waals surface area (Å²) in [5.74, 6) is -0.435. The number of nitrogen functional groups attached to an aromatic ring is 1. The number of benzene rings is 1. The van der Waals surface area contributed by atoms with Crippen molar-refractivity contribution >= 4 is 23.3 Å². The van der Waals surface area contributed by atoms with E-state index in [1.165, 1.54) is 0 Å². The van der Waals surface area contributed by atoms with E-state index < -0.39 is 5.97 Å². The summed E-state index contributed by atoms with van der Waals surface area (Å²) in [5, 5.41) is 4.68. The van der Waals surface area contributed by atoms with Crippen molar-refractivity contribution in [2.75, 3.05) is 5.73 Å². The molecule has 0 amide bonds. The minimum atomic E-state index is -0.435. The third-order valence-corrected chi connectivity index (χ3v) is 3.43. The Balaban J connectivity index is 2.12. The quantitative estimate of drug-likeness (QED) is 0.697. The molecule has 6 heteroatoms. The van der Waals surface area contributed by atoms with Crippen molar-refractivity contribution in [1.82, 2.24) is 9.78 Å². The lowest BCUT2D eigenvalue weighted by molar-refractivity contribution is 0.0463. The van der Waals surface area contributed by atoms with Gasteiger partial charge in [-0.3, -0.25) is 4.68 Å². The first-order valence-electron chi connectivity index (χ1n) is 6.10. The number of hydrogen-bond acceptors (Lipinski definition) is 4. The summed E-state index contributed by atoms with van der Waals surface area (Å²) in [7, 11) is 1.76. The molecule has 1 heterocycles. The predicted octanol–water partition coefficient (Wildman–Crippen LogP) is 2.63. The standard InChI is InChI=1S/C14H16ClN3O2/c1-8-4-10(6-11(16)5-8)14(19)20-7-12-13(15)9(2)17-18(12)3/h4-6H,7,16H2,1-3H3. The number of aryl methyl sites for hydroxylation is 3. The summed E-state index contributed by atoms with van der Waals surface area (Å²) in [6.45, 7) is 3.74. The van der Waals surface area contributed by atoms with Crippen LogP contribution in [-0.2, 0) is 18.4 Å². The monoisotopic (exact) mass is 293 g/mol. The molecule has 0 fully saturated rings. The van der Waals surface area contributed by atoms with E-state index in [-0.39, 0.29) is 6.61 Å². The van der Waals surface area contributed by atoms with E-state index >= 15 is 0 Å². The van der Waals surface area contributed by atoms with Crippen LogP contribution in [0.1, 0.15) is 27.3 Å². The molecule has 0 bridgehead atoms. The Morgan fingerprint density at radius 1 is 1.40 bits per heavy atom. The Morgan fingerprint density at radius 3 is 2.65 bits per heavy atom. The molecule has 0 atom stereocenters. The molecular formula is C14H16ClN3O2. The van der Waals surface area contributed by atoms with Crippen LogP contribution in [0.2, 0.25) is 5.02 Å². The summed E-state index contributed by atoms with van der Waals surface area (Å²) in [6.07, 6.45) is 0. The minimum Gasteiger partial charge on any atom is -0.456 e. The van der Waals surface area contributed by atoms with Gasteiger partial charge >= 0.3 is 5.97 Å². The lowest BCUT2D eigenvalue weighted by atomic mass is 10.1. The third-order valence-electron chi connectivity index (χ3n) is 2.94. The largest absolute Gasteiger partial charge is 0.456 e. The molecular weight excluding hydrogens is 278 g/mol. The second-order valence-electron chi connectivity index (χ2n) is 4.68. The number of nitrogens with zero attached hydrogens (tertiary/aromatic N) is 2. The number of hydrogen-bond donors (Lipinski definition) is 1. The van der Waals surface area contributed by atoms with Crippen LogP contribution < -0.4 is 5.73 Å². The van der Waals surface area contributed by atoms with Gasteiger partial charge in [-0.05, 0) is 37.6 Å². The van der Waals surface area contributed by atoms with Crippen LogP contribution in [0.15, 0.2) is 18.2 Å². The van der Waals surface area contributed by atoms with Gasteiger partial charge in [-0.15, -0.1) is 0 Å². The van der Waals surface area contributed by atoms with Crippen molar-refractivity contribution < 1.29 is 9.53 Å². The molecule has 1 aromatic carbocycles. The van der Waals surface area contributed by atoms with E-state index in [0.717, 1.165) is 5.56 Å². The van der Waals surface area contributed by atoms with Crippen molar-refractivity contribution in [3.05, 3.63) is 45.7 Å². The van der Waals surface area contributed by atoms with Gasteiger partial charge in [-0.25, -0.2) is 4.79 Å². The zero-order chi connectivity index (χ0) is 14.9. The maximum Gasteiger partial charge on any atom is 0.338 e. The Morgan fingerprint density at radius 2 is 2.10 bits per heavy atom. The minimum absolute atomic E-state index is 0.0723. The molecule has 0 saturated heterocycles. The normalized spacial score (nSPS) is 10.6. The van der Waals surface area contributed by atoms with Gasteiger partial charge in [0.1, 0.15) is 6.61 Å². The summed E-state index contributed by atoms with van der Waals surface area (Å²) in [6, 6.07) is 5.11. The SMILES string of the molecule is Cc1cc(N)cc(C(=O)OCc2c(Cl)c(C)nn2C)c1. The topological polar surface area (TPSA) is 70.1 Å². The first-order chi connectivity index (χ1) is 9.38. The van der Waals surface area contributed by atoms with Gasteiger partial charge in [0, 0.05) is 12.7 Å². The Kier molecular flexibility index (Phi) is 3.99. The van der Waals surface area contributed by atoms with Crippen LogP contribution in [0.3, 0.4) is 0 Å². The highest BCUT2D eigenvalue weighted by Crippen LogP contribution is 2.21. The van der Waals surface area contributed by atoms with Crippen LogP contribution in [0, 0.1) is 13.8 Å². The number of aromatic nitrogens is 2. The number of ether oxygens (including phenoxy) is 1. The summed E-state index contributed by atoms with van der Waals surface area (Å²) < 4.78 is 6.87. The van der Waals surface area contributed by atoms with Crippen molar-refractivity contribution in [3.8, 4) is 0 Å². The van der Waals surface area contributed by atoms with Gasteiger partial charge < -0.3 is 10.5 Å². The molecule has 0 aliphatic heterocycles. The highest BCUT2D eigenvalue weighted by atomic mass is 35.5. The van der Waals surface area contributed by atoms with Crippen molar-refractivity contribution in [2.24, 2.45) is 7.05 Å². The van der Waals surface area contributed by atoms with Gasteiger partial charge in [-0.1, -0.05) is 11.6 Å². The van der Waals surface area contributed by atoms with Gasteiger partial charge in [-0.2, -0.15) is 5.10 Å². The zero-order valence-electron chi connectivity index (χ0n) is 11.6. The van der Waals surface area contributed by atoms with E-state index in [9.17, 15) is 4.79 Å². The number of halogens is 1. The van der Waals surface area contributed by atoms with Gasteiger partial charge in [0.25, 0.3) is 0 Å². The van der Waals surface area contributed by atoms with E-state index in [2.05, 4.69) is 5.10 Å². The summed E-state index contributed by atoms with van der Waals surface area (Å²) >= 11 is 6.10. The van der Waals surface area contributed by atoms with Crippen LogP contribution >= 0.6 is 11.6 Å². The molecule has 1 aromatic heterocycles. The van der Waals surface area contributed by atoms with E-state index in [0.29, 0.717) is 27.7 Å². The first kappa shape index (κ1) is 14.4. The molecule has 0 unspecified atom stereocenters. The van der Waals surface area contributed by atoms with Crippen LogP contribution in [-0.4, -0.2) is 15.7 Å². The average Bonchev–Trinajstić information content (AvgIpc) is 2.60. The number of nitrogens with two attached hydrogens (primary N) is 1. The number of carbonyl (C=O) groups excluding carboxylic acids is 1. The molecule has 0 aliphatic rings. The highest BCUT2D eigenvalue weighted by molar-refractivity contribution is 6.31. The smallest absolute Gasteiger partial charge is 0.338 e. The molecule has 0 spiro atoms. The van der Waals surface area contributed by atoms with Crippen LogP contribution in [0.5, 0.6) is 0 Å². The Bertz CT molecular complexity index is 644. The molecule has 2 rings (SSSR count). The van der Waals surface area contributed by atoms with Crippen LogP contribution in [0.4, 0.5) is 5.69 Å². The number of anilines is 1. The van der Waals surface area contributed by atoms with Crippen molar-refractivity contribution in [3.63, 3.8) is 0 Å². The average molecular weight is 294 g/mol.